The predicted octanol–water partition coefficient (Wildman–Crippen LogP) is 3.46. The Bertz CT molecular complexity index is 1130. The van der Waals surface area contributed by atoms with Crippen LogP contribution in [0.2, 0.25) is 0 Å². The number of hydrogen-bond donors (Lipinski definition) is 2. The van der Waals surface area contributed by atoms with Gasteiger partial charge in [0.1, 0.15) is 12.4 Å². The van der Waals surface area contributed by atoms with Crippen LogP contribution in [0.3, 0.4) is 0 Å². The molecule has 13 heteroatoms. The van der Waals surface area contributed by atoms with Gasteiger partial charge in [0.05, 0.1) is 11.3 Å². The van der Waals surface area contributed by atoms with Gasteiger partial charge in [0.15, 0.2) is 0 Å². The first-order valence-corrected chi connectivity index (χ1v) is 11.2. The second-order valence-corrected chi connectivity index (χ2v) is 8.54. The lowest BCUT2D eigenvalue weighted by atomic mass is 9.99. The van der Waals surface area contributed by atoms with Crippen molar-refractivity contribution in [1.29, 1.82) is 0 Å². The van der Waals surface area contributed by atoms with E-state index in [1.54, 1.807) is 0 Å². The number of alkyl halides is 6. The highest BCUT2D eigenvalue weighted by Gasteiger charge is 2.30. The second-order valence-electron chi connectivity index (χ2n) is 8.54. The fourth-order valence-corrected chi connectivity index (χ4v) is 3.75. The molecular formula is C23H24F6N4O3. The Labute approximate surface area is 201 Å². The SMILES string of the molecule is O=C1CCC(CNC(=O)Cn2c(CCCC(F)(F)F)nc(-c3ccc(C(F)(F)F)cc3)cc2=O)CN1. The Morgan fingerprint density at radius 1 is 1.11 bits per heavy atom. The molecule has 1 aliphatic rings. The van der Waals surface area contributed by atoms with Crippen LogP contribution in [0, 0.1) is 5.92 Å². The van der Waals surface area contributed by atoms with Gasteiger partial charge in [0.2, 0.25) is 11.8 Å². The summed E-state index contributed by atoms with van der Waals surface area (Å²) in [4.78, 5) is 40.7. The van der Waals surface area contributed by atoms with Crippen LogP contribution >= 0.6 is 0 Å². The first kappa shape index (κ1) is 27.2. The van der Waals surface area contributed by atoms with E-state index in [9.17, 15) is 40.7 Å². The number of amides is 2. The lowest BCUT2D eigenvalue weighted by molar-refractivity contribution is -0.137. The van der Waals surface area contributed by atoms with Gasteiger partial charge in [-0.1, -0.05) is 12.1 Å². The van der Waals surface area contributed by atoms with E-state index >= 15 is 0 Å². The molecule has 1 aromatic heterocycles. The van der Waals surface area contributed by atoms with E-state index in [1.165, 1.54) is 0 Å². The average molecular weight is 518 g/mol. The number of nitrogens with one attached hydrogen (secondary N) is 2. The van der Waals surface area contributed by atoms with Gasteiger partial charge in [0.25, 0.3) is 5.56 Å². The fourth-order valence-electron chi connectivity index (χ4n) is 3.75. The monoisotopic (exact) mass is 518 g/mol. The van der Waals surface area contributed by atoms with Gasteiger partial charge < -0.3 is 10.6 Å². The Morgan fingerprint density at radius 3 is 2.39 bits per heavy atom. The molecule has 2 heterocycles. The number of rotatable bonds is 8. The van der Waals surface area contributed by atoms with Crippen LogP contribution in [0.1, 0.15) is 37.1 Å². The predicted molar refractivity (Wildman–Crippen MR) is 117 cm³/mol. The van der Waals surface area contributed by atoms with Crippen LogP contribution < -0.4 is 16.2 Å². The Hall–Kier alpha value is -3.38. The summed E-state index contributed by atoms with van der Waals surface area (Å²) in [6, 6.07) is 4.88. The van der Waals surface area contributed by atoms with Crippen molar-refractivity contribution in [3.63, 3.8) is 0 Å². The molecule has 196 valence electrons. The Morgan fingerprint density at radius 2 is 1.81 bits per heavy atom. The topological polar surface area (TPSA) is 93.1 Å². The molecule has 1 saturated heterocycles. The van der Waals surface area contributed by atoms with E-state index < -0.39 is 48.8 Å². The van der Waals surface area contributed by atoms with Crippen LogP contribution in [-0.2, 0) is 28.7 Å². The van der Waals surface area contributed by atoms with Crippen LogP contribution in [0.25, 0.3) is 11.3 Å². The molecule has 0 radical (unpaired) electrons. The molecule has 2 aromatic rings. The highest BCUT2D eigenvalue weighted by Crippen LogP contribution is 2.30. The van der Waals surface area contributed by atoms with Gasteiger partial charge in [-0.2, -0.15) is 26.3 Å². The van der Waals surface area contributed by atoms with Gasteiger partial charge in [-0.05, 0) is 30.9 Å². The Kier molecular flexibility index (Phi) is 8.41. The van der Waals surface area contributed by atoms with Crippen molar-refractivity contribution >= 4 is 11.8 Å². The summed E-state index contributed by atoms with van der Waals surface area (Å²) < 4.78 is 77.5. The second kappa shape index (κ2) is 11.1. The summed E-state index contributed by atoms with van der Waals surface area (Å²) in [6.45, 7) is 0.152. The molecule has 36 heavy (non-hydrogen) atoms. The van der Waals surface area contributed by atoms with E-state index in [-0.39, 0.29) is 41.9 Å². The van der Waals surface area contributed by atoms with Crippen molar-refractivity contribution in [2.45, 2.75) is 51.0 Å². The molecule has 1 aromatic carbocycles. The van der Waals surface area contributed by atoms with Crippen molar-refractivity contribution in [3.05, 3.63) is 52.1 Å². The van der Waals surface area contributed by atoms with Crippen molar-refractivity contribution < 1.29 is 35.9 Å². The molecule has 1 aliphatic heterocycles. The average Bonchev–Trinajstić information content (AvgIpc) is 2.79. The van der Waals surface area contributed by atoms with E-state index in [4.69, 9.17) is 0 Å². The number of aryl methyl sites for hydroxylation is 1. The molecule has 0 bridgehead atoms. The summed E-state index contributed by atoms with van der Waals surface area (Å²) in [5.41, 5.74) is -1.46. The summed E-state index contributed by atoms with van der Waals surface area (Å²) in [6.07, 6.45) is -9.87. The quantitative estimate of drug-likeness (QED) is 0.524. The van der Waals surface area contributed by atoms with E-state index in [0.717, 1.165) is 34.9 Å². The number of carbonyl (C=O) groups is 2. The third kappa shape index (κ3) is 7.82. The lowest BCUT2D eigenvalue weighted by Crippen LogP contribution is -2.42. The molecule has 7 nitrogen and oxygen atoms in total. The van der Waals surface area contributed by atoms with Crippen LogP contribution in [0.4, 0.5) is 26.3 Å². The molecule has 2 N–H and O–H groups in total. The van der Waals surface area contributed by atoms with E-state index in [1.807, 2.05) is 0 Å². The van der Waals surface area contributed by atoms with Gasteiger partial charge in [-0.15, -0.1) is 0 Å². The maximum atomic E-state index is 12.8. The van der Waals surface area contributed by atoms with Gasteiger partial charge in [0, 0.05) is 44.0 Å². The molecule has 1 unspecified atom stereocenters. The number of piperidine rings is 1. The molecule has 3 rings (SSSR count). The normalized spacial score (nSPS) is 16.5. The molecule has 0 aliphatic carbocycles. The van der Waals surface area contributed by atoms with E-state index in [0.29, 0.717) is 19.4 Å². The zero-order valence-corrected chi connectivity index (χ0v) is 19.0. The van der Waals surface area contributed by atoms with Crippen molar-refractivity contribution in [2.24, 2.45) is 5.92 Å². The van der Waals surface area contributed by atoms with Crippen LogP contribution in [0.15, 0.2) is 35.1 Å². The third-order valence-electron chi connectivity index (χ3n) is 5.71. The summed E-state index contributed by atoms with van der Waals surface area (Å²) in [7, 11) is 0. The van der Waals surface area contributed by atoms with E-state index in [2.05, 4.69) is 15.6 Å². The number of benzene rings is 1. The van der Waals surface area contributed by atoms with Gasteiger partial charge in [-0.25, -0.2) is 4.98 Å². The van der Waals surface area contributed by atoms with Gasteiger partial charge in [-0.3, -0.25) is 19.0 Å². The standard InChI is InChI=1S/C23H24F6N4O3/c24-22(25,26)9-1-2-18-32-17(15-4-6-16(7-5-15)23(27,28)29)10-21(36)33(18)13-20(35)31-12-14-3-8-19(34)30-11-14/h4-7,10,14H,1-3,8-9,11-13H2,(H,30,34)(H,31,35). The summed E-state index contributed by atoms with van der Waals surface area (Å²) in [5.74, 6) is -0.710. The minimum absolute atomic E-state index is 0.00895. The fraction of sp³-hybridized carbons (Fsp3) is 0.478. The summed E-state index contributed by atoms with van der Waals surface area (Å²) >= 11 is 0. The maximum absolute atomic E-state index is 12.8. The number of nitrogens with zero attached hydrogens (tertiary/aromatic N) is 2. The summed E-state index contributed by atoms with van der Waals surface area (Å²) in [5, 5.41) is 5.34. The number of carbonyl (C=O) groups excluding carboxylic acids is 2. The van der Waals surface area contributed by atoms with Crippen LogP contribution in [0.5, 0.6) is 0 Å². The first-order chi connectivity index (χ1) is 16.8. The maximum Gasteiger partial charge on any atom is 0.416 e. The lowest BCUT2D eigenvalue weighted by Gasteiger charge is -2.22. The highest BCUT2D eigenvalue weighted by atomic mass is 19.4. The molecule has 1 atom stereocenters. The smallest absolute Gasteiger partial charge is 0.356 e. The third-order valence-corrected chi connectivity index (χ3v) is 5.71. The molecule has 0 spiro atoms. The number of hydrogen-bond acceptors (Lipinski definition) is 4. The zero-order valence-electron chi connectivity index (χ0n) is 19.0. The number of halogens is 6. The molecular weight excluding hydrogens is 494 g/mol. The Balaban J connectivity index is 1.80. The highest BCUT2D eigenvalue weighted by molar-refractivity contribution is 5.77. The largest absolute Gasteiger partial charge is 0.416 e. The molecule has 2 amide bonds. The number of aromatic nitrogens is 2. The van der Waals surface area contributed by atoms with Crippen molar-refractivity contribution in [2.75, 3.05) is 13.1 Å². The zero-order chi connectivity index (χ0) is 26.5. The van der Waals surface area contributed by atoms with Crippen molar-refractivity contribution in [3.8, 4) is 11.3 Å². The minimum Gasteiger partial charge on any atom is -0.356 e. The molecule has 0 saturated carbocycles. The first-order valence-electron chi connectivity index (χ1n) is 11.2. The molecule has 1 fully saturated rings. The van der Waals surface area contributed by atoms with Crippen molar-refractivity contribution in [1.82, 2.24) is 20.2 Å². The minimum atomic E-state index is -4.56. The van der Waals surface area contributed by atoms with Gasteiger partial charge >= 0.3 is 12.4 Å². The van der Waals surface area contributed by atoms with Crippen LogP contribution in [-0.4, -0.2) is 40.6 Å².